The average Bonchev–Trinajstić information content (AvgIpc) is 3.01. The monoisotopic (exact) mass is 332 g/mol. The Morgan fingerprint density at radius 1 is 1.58 bits per heavy atom. The largest absolute Gasteiger partial charge is 0.494 e. The summed E-state index contributed by atoms with van der Waals surface area (Å²) in [7, 11) is 1.36. The van der Waals surface area contributed by atoms with Crippen LogP contribution in [0.15, 0.2) is 12.1 Å². The van der Waals surface area contributed by atoms with E-state index in [-0.39, 0.29) is 34.6 Å². The smallest absolute Gasteiger partial charge is 0.290 e. The van der Waals surface area contributed by atoms with Crippen molar-refractivity contribution < 1.29 is 14.5 Å². The van der Waals surface area contributed by atoms with Crippen LogP contribution in [0.1, 0.15) is 31.7 Å². The van der Waals surface area contributed by atoms with Crippen molar-refractivity contribution >= 4 is 17.3 Å². The Morgan fingerprint density at radius 2 is 2.33 bits per heavy atom. The molecule has 0 spiro atoms. The van der Waals surface area contributed by atoms with Crippen LogP contribution in [0.5, 0.6) is 5.75 Å². The van der Waals surface area contributed by atoms with E-state index in [0.29, 0.717) is 6.42 Å². The molecule has 1 aromatic rings. The normalized spacial score (nSPS) is 17.3. The Bertz CT molecular complexity index is 683. The van der Waals surface area contributed by atoms with Crippen molar-refractivity contribution in [2.45, 2.75) is 32.2 Å². The van der Waals surface area contributed by atoms with Crippen molar-refractivity contribution in [1.29, 1.82) is 5.26 Å². The zero-order valence-corrected chi connectivity index (χ0v) is 13.7. The number of ether oxygens (including phenoxy) is 1. The van der Waals surface area contributed by atoms with Crippen molar-refractivity contribution in [3.63, 3.8) is 0 Å². The number of nitriles is 1. The molecule has 1 aliphatic heterocycles. The number of rotatable bonds is 6. The lowest BCUT2D eigenvalue weighted by atomic mass is 10.1. The summed E-state index contributed by atoms with van der Waals surface area (Å²) in [5, 5.41) is 22.8. The Balaban J connectivity index is 2.18. The fraction of sp³-hybridized carbons (Fsp3) is 0.500. The van der Waals surface area contributed by atoms with Gasteiger partial charge in [-0.25, -0.2) is 0 Å². The van der Waals surface area contributed by atoms with E-state index in [1.165, 1.54) is 13.2 Å². The molecule has 128 valence electrons. The van der Waals surface area contributed by atoms with Gasteiger partial charge < -0.3 is 15.0 Å². The predicted octanol–water partition coefficient (Wildman–Crippen LogP) is 2.29. The zero-order valence-electron chi connectivity index (χ0n) is 13.7. The van der Waals surface area contributed by atoms with Gasteiger partial charge in [0.1, 0.15) is 17.4 Å². The molecule has 0 saturated carbocycles. The van der Waals surface area contributed by atoms with Gasteiger partial charge in [-0.15, -0.1) is 0 Å². The first-order valence-corrected chi connectivity index (χ1v) is 7.80. The summed E-state index contributed by atoms with van der Waals surface area (Å²) in [6, 6.07) is 4.41. The van der Waals surface area contributed by atoms with E-state index in [1.54, 1.807) is 6.07 Å². The fourth-order valence-corrected chi connectivity index (χ4v) is 3.03. The number of hydrogen-bond donors (Lipinski definition) is 1. The van der Waals surface area contributed by atoms with E-state index in [4.69, 9.17) is 10.00 Å². The van der Waals surface area contributed by atoms with Gasteiger partial charge in [0.05, 0.1) is 23.8 Å². The Hall–Kier alpha value is -2.66. The minimum absolute atomic E-state index is 0.118. The molecule has 1 saturated heterocycles. The number of amides is 1. The number of anilines is 1. The second-order valence-electron chi connectivity index (χ2n) is 5.62. The van der Waals surface area contributed by atoms with Gasteiger partial charge in [0.15, 0.2) is 0 Å². The second-order valence-corrected chi connectivity index (χ2v) is 5.62. The zero-order chi connectivity index (χ0) is 17.7. The summed E-state index contributed by atoms with van der Waals surface area (Å²) < 4.78 is 5.11. The first-order valence-electron chi connectivity index (χ1n) is 7.80. The predicted molar refractivity (Wildman–Crippen MR) is 87.9 cm³/mol. The molecule has 1 heterocycles. The Kier molecular flexibility index (Phi) is 5.71. The quantitative estimate of drug-likeness (QED) is 0.632. The lowest BCUT2D eigenvalue weighted by molar-refractivity contribution is -0.385. The fourth-order valence-electron chi connectivity index (χ4n) is 3.03. The van der Waals surface area contributed by atoms with Crippen molar-refractivity contribution in [3.05, 3.63) is 27.8 Å². The van der Waals surface area contributed by atoms with Gasteiger partial charge in [-0.1, -0.05) is 6.92 Å². The minimum atomic E-state index is -0.648. The van der Waals surface area contributed by atoms with Crippen LogP contribution in [-0.4, -0.2) is 42.0 Å². The number of nitro benzene ring substituents is 1. The summed E-state index contributed by atoms with van der Waals surface area (Å²) >= 11 is 0. The van der Waals surface area contributed by atoms with Crippen molar-refractivity contribution in [2.24, 2.45) is 0 Å². The van der Waals surface area contributed by atoms with Gasteiger partial charge in [0, 0.05) is 12.5 Å². The Labute approximate surface area is 140 Å². The minimum Gasteiger partial charge on any atom is -0.494 e. The third kappa shape index (κ3) is 3.81. The molecule has 1 amide bonds. The maximum atomic E-state index is 12.3. The number of benzene rings is 1. The van der Waals surface area contributed by atoms with Gasteiger partial charge in [-0.05, 0) is 32.0 Å². The number of hydrogen-bond acceptors (Lipinski definition) is 6. The van der Waals surface area contributed by atoms with Gasteiger partial charge in [0.25, 0.3) is 5.69 Å². The molecular weight excluding hydrogens is 312 g/mol. The number of nitro groups is 1. The van der Waals surface area contributed by atoms with Crippen molar-refractivity contribution in [3.8, 4) is 11.8 Å². The standard InChI is InChI=1S/C16H20N4O4/c1-3-19-6-4-5-12(19)8-16(21)18-13-7-11(10-17)14(20(22)23)9-15(13)24-2/h7,9,12H,3-6,8H2,1-2H3,(H,18,21). The number of nitrogens with zero attached hydrogens (tertiary/aromatic N) is 3. The molecule has 2 rings (SSSR count). The Morgan fingerprint density at radius 3 is 2.92 bits per heavy atom. The number of carbonyl (C=O) groups is 1. The number of methoxy groups -OCH3 is 1. The molecule has 0 aromatic heterocycles. The molecule has 0 aliphatic carbocycles. The maximum Gasteiger partial charge on any atom is 0.290 e. The first-order chi connectivity index (χ1) is 11.5. The summed E-state index contributed by atoms with van der Waals surface area (Å²) in [6.45, 7) is 3.96. The van der Waals surface area contributed by atoms with Gasteiger partial charge >= 0.3 is 0 Å². The molecule has 8 heteroatoms. The molecule has 1 fully saturated rings. The van der Waals surface area contributed by atoms with Crippen LogP contribution in [0.4, 0.5) is 11.4 Å². The van der Waals surface area contributed by atoms with Crippen LogP contribution in [0.25, 0.3) is 0 Å². The van der Waals surface area contributed by atoms with Gasteiger partial charge in [-0.2, -0.15) is 5.26 Å². The number of nitrogens with one attached hydrogen (secondary N) is 1. The van der Waals surface area contributed by atoms with Crippen LogP contribution in [0, 0.1) is 21.4 Å². The van der Waals surface area contributed by atoms with Gasteiger partial charge in [-0.3, -0.25) is 14.9 Å². The average molecular weight is 332 g/mol. The van der Waals surface area contributed by atoms with E-state index in [1.807, 2.05) is 0 Å². The van der Waals surface area contributed by atoms with Crippen LogP contribution in [-0.2, 0) is 4.79 Å². The topological polar surface area (TPSA) is 109 Å². The highest BCUT2D eigenvalue weighted by molar-refractivity contribution is 5.93. The SMILES string of the molecule is CCN1CCCC1CC(=O)Nc1cc(C#N)c([N+](=O)[O-])cc1OC. The molecule has 1 aliphatic rings. The number of likely N-dealkylation sites (tertiary alicyclic amines) is 1. The van der Waals surface area contributed by atoms with Crippen LogP contribution in [0.2, 0.25) is 0 Å². The molecule has 1 aromatic carbocycles. The molecular formula is C16H20N4O4. The number of carbonyl (C=O) groups excluding carboxylic acids is 1. The first kappa shape index (κ1) is 17.7. The summed E-state index contributed by atoms with van der Waals surface area (Å²) in [5.41, 5.74) is -0.196. The highest BCUT2D eigenvalue weighted by Crippen LogP contribution is 2.33. The lowest BCUT2D eigenvalue weighted by Crippen LogP contribution is -2.32. The lowest BCUT2D eigenvalue weighted by Gasteiger charge is -2.22. The molecule has 0 bridgehead atoms. The molecule has 8 nitrogen and oxygen atoms in total. The second kappa shape index (κ2) is 7.75. The summed E-state index contributed by atoms with van der Waals surface area (Å²) in [6.07, 6.45) is 2.39. The third-order valence-electron chi connectivity index (χ3n) is 4.24. The summed E-state index contributed by atoms with van der Waals surface area (Å²) in [5.74, 6) is -0.0378. The van der Waals surface area contributed by atoms with Crippen molar-refractivity contribution in [1.82, 2.24) is 4.90 Å². The third-order valence-corrected chi connectivity index (χ3v) is 4.24. The van der Waals surface area contributed by atoms with E-state index in [2.05, 4.69) is 17.1 Å². The van der Waals surface area contributed by atoms with E-state index >= 15 is 0 Å². The maximum absolute atomic E-state index is 12.3. The van der Waals surface area contributed by atoms with Crippen LogP contribution in [0.3, 0.4) is 0 Å². The van der Waals surface area contributed by atoms with E-state index in [0.717, 1.165) is 32.0 Å². The summed E-state index contributed by atoms with van der Waals surface area (Å²) in [4.78, 5) is 24.9. The molecule has 1 unspecified atom stereocenters. The van der Waals surface area contributed by atoms with Crippen LogP contribution < -0.4 is 10.1 Å². The van der Waals surface area contributed by atoms with Gasteiger partial charge in [0.2, 0.25) is 5.91 Å². The molecule has 1 atom stereocenters. The highest BCUT2D eigenvalue weighted by Gasteiger charge is 2.26. The van der Waals surface area contributed by atoms with E-state index in [9.17, 15) is 14.9 Å². The van der Waals surface area contributed by atoms with Crippen molar-refractivity contribution in [2.75, 3.05) is 25.5 Å². The molecule has 0 radical (unpaired) electrons. The molecule has 1 N–H and O–H groups in total. The van der Waals surface area contributed by atoms with Crippen LogP contribution >= 0.6 is 0 Å². The highest BCUT2D eigenvalue weighted by atomic mass is 16.6. The van der Waals surface area contributed by atoms with E-state index < -0.39 is 4.92 Å². The molecule has 24 heavy (non-hydrogen) atoms.